The van der Waals surface area contributed by atoms with Crippen molar-refractivity contribution in [1.82, 2.24) is 0 Å². The van der Waals surface area contributed by atoms with Crippen molar-refractivity contribution in [3.8, 4) is 11.5 Å². The van der Waals surface area contributed by atoms with Gasteiger partial charge in [-0.05, 0) is 44.5 Å². The third kappa shape index (κ3) is 2.36. The van der Waals surface area contributed by atoms with Crippen LogP contribution in [0.1, 0.15) is 37.8 Å². The minimum Gasteiger partial charge on any atom is -0.508 e. The first-order valence-corrected chi connectivity index (χ1v) is 6.20. The van der Waals surface area contributed by atoms with Gasteiger partial charge < -0.3 is 14.9 Å². The molecule has 18 heavy (non-hydrogen) atoms. The minimum absolute atomic E-state index is 0.112. The van der Waals surface area contributed by atoms with E-state index in [1.165, 1.54) is 0 Å². The summed E-state index contributed by atoms with van der Waals surface area (Å²) in [4.78, 5) is 0. The number of aliphatic hydroxyl groups is 1. The standard InChI is InChI=1S/C15H20O3/c1-9-7-14-11(8-13(9)17)10(2)12(16)5-6-15(3,4)18-14/h5-8,10,12,16-17H,1-4H3/t10-,12-/m0/s1. The van der Waals surface area contributed by atoms with Crippen molar-refractivity contribution in [2.24, 2.45) is 0 Å². The number of phenols is 1. The van der Waals surface area contributed by atoms with Crippen LogP contribution in [0.25, 0.3) is 0 Å². The quantitative estimate of drug-likeness (QED) is 0.694. The summed E-state index contributed by atoms with van der Waals surface area (Å²) in [5, 5.41) is 19.9. The Morgan fingerprint density at radius 2 is 1.94 bits per heavy atom. The summed E-state index contributed by atoms with van der Waals surface area (Å²) in [6.45, 7) is 7.64. The third-order valence-corrected chi connectivity index (χ3v) is 3.40. The Morgan fingerprint density at radius 1 is 1.28 bits per heavy atom. The Morgan fingerprint density at radius 3 is 2.61 bits per heavy atom. The van der Waals surface area contributed by atoms with E-state index in [9.17, 15) is 10.2 Å². The topological polar surface area (TPSA) is 49.7 Å². The van der Waals surface area contributed by atoms with Gasteiger partial charge in [-0.1, -0.05) is 13.0 Å². The van der Waals surface area contributed by atoms with E-state index in [-0.39, 0.29) is 11.7 Å². The minimum atomic E-state index is -0.575. The predicted molar refractivity (Wildman–Crippen MR) is 71.1 cm³/mol. The molecule has 2 N–H and O–H groups in total. The fraction of sp³-hybridized carbons (Fsp3) is 0.467. The highest BCUT2D eigenvalue weighted by Crippen LogP contribution is 2.38. The molecule has 0 unspecified atom stereocenters. The summed E-state index contributed by atoms with van der Waals surface area (Å²) in [5.74, 6) is 0.851. The summed E-state index contributed by atoms with van der Waals surface area (Å²) in [6.07, 6.45) is 3.05. The van der Waals surface area contributed by atoms with Gasteiger partial charge in [-0.15, -0.1) is 0 Å². The molecule has 1 aliphatic heterocycles. The number of hydrogen-bond acceptors (Lipinski definition) is 3. The lowest BCUT2D eigenvalue weighted by molar-refractivity contribution is 0.139. The van der Waals surface area contributed by atoms with Crippen molar-refractivity contribution in [3.63, 3.8) is 0 Å². The number of benzene rings is 1. The van der Waals surface area contributed by atoms with Crippen LogP contribution < -0.4 is 4.74 Å². The molecule has 0 amide bonds. The molecule has 3 nitrogen and oxygen atoms in total. The molecule has 0 saturated carbocycles. The fourth-order valence-electron chi connectivity index (χ4n) is 2.13. The maximum atomic E-state index is 10.1. The van der Waals surface area contributed by atoms with E-state index in [1.807, 2.05) is 39.8 Å². The highest BCUT2D eigenvalue weighted by atomic mass is 16.5. The van der Waals surface area contributed by atoms with E-state index < -0.39 is 11.7 Å². The summed E-state index contributed by atoms with van der Waals surface area (Å²) >= 11 is 0. The first-order valence-electron chi connectivity index (χ1n) is 6.20. The molecule has 1 aliphatic rings. The normalized spacial score (nSPS) is 25.8. The molecule has 0 aliphatic carbocycles. The number of ether oxygens (including phenoxy) is 1. The first kappa shape index (κ1) is 13.0. The zero-order valence-corrected chi connectivity index (χ0v) is 11.3. The van der Waals surface area contributed by atoms with E-state index in [0.29, 0.717) is 0 Å². The van der Waals surface area contributed by atoms with Gasteiger partial charge in [0.05, 0.1) is 6.10 Å². The lowest BCUT2D eigenvalue weighted by atomic mass is 9.90. The van der Waals surface area contributed by atoms with Crippen molar-refractivity contribution < 1.29 is 14.9 Å². The van der Waals surface area contributed by atoms with E-state index in [2.05, 4.69) is 0 Å². The van der Waals surface area contributed by atoms with E-state index in [1.54, 1.807) is 12.1 Å². The maximum Gasteiger partial charge on any atom is 0.124 e. The van der Waals surface area contributed by atoms with Crippen LogP contribution in [0.5, 0.6) is 11.5 Å². The van der Waals surface area contributed by atoms with Gasteiger partial charge in [0.15, 0.2) is 0 Å². The van der Waals surface area contributed by atoms with Gasteiger partial charge in [0.2, 0.25) is 0 Å². The van der Waals surface area contributed by atoms with Crippen molar-refractivity contribution in [1.29, 1.82) is 0 Å². The smallest absolute Gasteiger partial charge is 0.124 e. The maximum absolute atomic E-state index is 10.1. The number of phenolic OH excluding ortho intramolecular Hbond substituents is 1. The first-order chi connectivity index (χ1) is 8.30. The molecule has 1 aromatic carbocycles. The molecule has 3 heteroatoms. The molecule has 0 radical (unpaired) electrons. The average Bonchev–Trinajstić information content (AvgIpc) is 2.28. The van der Waals surface area contributed by atoms with Crippen LogP contribution in [0.3, 0.4) is 0 Å². The van der Waals surface area contributed by atoms with E-state index in [4.69, 9.17) is 4.74 Å². The van der Waals surface area contributed by atoms with Gasteiger partial charge in [-0.25, -0.2) is 0 Å². The largest absolute Gasteiger partial charge is 0.508 e. The summed E-state index contributed by atoms with van der Waals surface area (Å²) in [7, 11) is 0. The molecular formula is C15H20O3. The van der Waals surface area contributed by atoms with Crippen LogP contribution in [0.15, 0.2) is 24.3 Å². The van der Waals surface area contributed by atoms with Crippen molar-refractivity contribution >= 4 is 0 Å². The van der Waals surface area contributed by atoms with Crippen LogP contribution in [0.2, 0.25) is 0 Å². The van der Waals surface area contributed by atoms with Gasteiger partial charge >= 0.3 is 0 Å². The molecule has 0 fully saturated rings. The molecule has 2 atom stereocenters. The Kier molecular flexibility index (Phi) is 3.11. The zero-order chi connectivity index (χ0) is 13.5. The van der Waals surface area contributed by atoms with Crippen LogP contribution in [0, 0.1) is 6.92 Å². The van der Waals surface area contributed by atoms with Crippen LogP contribution in [0.4, 0.5) is 0 Å². The Hall–Kier alpha value is -1.48. The predicted octanol–water partition coefficient (Wildman–Crippen LogP) is 2.89. The second-order valence-electron chi connectivity index (χ2n) is 5.52. The van der Waals surface area contributed by atoms with Crippen molar-refractivity contribution in [3.05, 3.63) is 35.4 Å². The second kappa shape index (κ2) is 4.32. The van der Waals surface area contributed by atoms with E-state index >= 15 is 0 Å². The number of aryl methyl sites for hydroxylation is 1. The summed E-state index contributed by atoms with van der Waals surface area (Å²) in [6, 6.07) is 3.52. The third-order valence-electron chi connectivity index (χ3n) is 3.40. The molecule has 1 aromatic rings. The number of hydrogen-bond donors (Lipinski definition) is 2. The molecule has 0 saturated heterocycles. The van der Waals surface area contributed by atoms with Crippen molar-refractivity contribution in [2.75, 3.05) is 0 Å². The zero-order valence-electron chi connectivity index (χ0n) is 11.3. The van der Waals surface area contributed by atoms with Gasteiger partial charge in [0, 0.05) is 11.5 Å². The molecule has 0 bridgehead atoms. The molecule has 1 heterocycles. The summed E-state index contributed by atoms with van der Waals surface area (Å²) in [5.41, 5.74) is 1.14. The Labute approximate surface area is 108 Å². The Balaban J connectivity index is 2.57. The van der Waals surface area contributed by atoms with Gasteiger partial charge in [0.1, 0.15) is 17.1 Å². The molecular weight excluding hydrogens is 228 g/mol. The van der Waals surface area contributed by atoms with Gasteiger partial charge in [0.25, 0.3) is 0 Å². The lowest BCUT2D eigenvalue weighted by Crippen LogP contribution is -2.29. The Bertz CT molecular complexity index is 489. The number of fused-ring (bicyclic) bond motifs is 1. The van der Waals surface area contributed by atoms with Gasteiger partial charge in [-0.3, -0.25) is 0 Å². The van der Waals surface area contributed by atoms with Crippen LogP contribution >= 0.6 is 0 Å². The lowest BCUT2D eigenvalue weighted by Gasteiger charge is -2.30. The molecule has 2 rings (SSSR count). The fourth-order valence-corrected chi connectivity index (χ4v) is 2.13. The number of rotatable bonds is 0. The number of aromatic hydroxyl groups is 1. The van der Waals surface area contributed by atoms with Crippen LogP contribution in [-0.4, -0.2) is 21.9 Å². The molecule has 0 spiro atoms. The van der Waals surface area contributed by atoms with Crippen molar-refractivity contribution in [2.45, 2.75) is 45.3 Å². The average molecular weight is 248 g/mol. The van der Waals surface area contributed by atoms with E-state index in [0.717, 1.165) is 16.9 Å². The number of aliphatic hydroxyl groups excluding tert-OH is 1. The monoisotopic (exact) mass is 248 g/mol. The highest BCUT2D eigenvalue weighted by Gasteiger charge is 2.27. The molecule has 98 valence electrons. The summed E-state index contributed by atoms with van der Waals surface area (Å²) < 4.78 is 5.97. The SMILES string of the molecule is Cc1cc2c(cc1O)[C@H](C)[C@@H](O)C=CC(C)(C)O2. The van der Waals surface area contributed by atoms with Crippen LogP contribution in [-0.2, 0) is 0 Å². The highest BCUT2D eigenvalue weighted by molar-refractivity contribution is 5.48. The second-order valence-corrected chi connectivity index (χ2v) is 5.52. The van der Waals surface area contributed by atoms with Gasteiger partial charge in [-0.2, -0.15) is 0 Å². The molecule has 0 aromatic heterocycles.